The van der Waals surface area contributed by atoms with Crippen molar-refractivity contribution in [1.82, 2.24) is 5.32 Å². The molecule has 1 aliphatic rings. The van der Waals surface area contributed by atoms with E-state index in [1.165, 1.54) is 0 Å². The number of anilines is 2. The first kappa shape index (κ1) is 19.1. The van der Waals surface area contributed by atoms with E-state index >= 15 is 0 Å². The van der Waals surface area contributed by atoms with Gasteiger partial charge in [0.1, 0.15) is 0 Å². The molecule has 3 aromatic rings. The molecule has 0 aromatic heterocycles. The molecule has 1 heterocycles. The van der Waals surface area contributed by atoms with Crippen LogP contribution in [0.4, 0.5) is 11.4 Å². The second-order valence-corrected chi connectivity index (χ2v) is 7.36. The van der Waals surface area contributed by atoms with Gasteiger partial charge in [-0.3, -0.25) is 14.9 Å². The van der Waals surface area contributed by atoms with Crippen LogP contribution in [0.25, 0.3) is 0 Å². The zero-order valence-electron chi connectivity index (χ0n) is 15.2. The van der Waals surface area contributed by atoms with Crippen molar-refractivity contribution in [2.75, 3.05) is 10.2 Å². The SMILES string of the molecule is O=C(NC(=S)Nc1ccc(N2Cc3ccccc3C2=O)cc1)c1cccc(Cl)c1. The summed E-state index contributed by atoms with van der Waals surface area (Å²) in [4.78, 5) is 26.5. The maximum atomic E-state index is 12.6. The van der Waals surface area contributed by atoms with Crippen molar-refractivity contribution < 1.29 is 9.59 Å². The lowest BCUT2D eigenvalue weighted by Gasteiger charge is -2.16. The highest BCUT2D eigenvalue weighted by molar-refractivity contribution is 7.80. The molecule has 29 heavy (non-hydrogen) atoms. The van der Waals surface area contributed by atoms with Gasteiger partial charge in [-0.15, -0.1) is 0 Å². The van der Waals surface area contributed by atoms with Gasteiger partial charge in [0.05, 0.1) is 6.54 Å². The number of thiocarbonyl (C=S) groups is 1. The van der Waals surface area contributed by atoms with E-state index in [0.717, 1.165) is 16.8 Å². The van der Waals surface area contributed by atoms with Crippen LogP contribution in [0.1, 0.15) is 26.3 Å². The largest absolute Gasteiger partial charge is 0.332 e. The van der Waals surface area contributed by atoms with Crippen LogP contribution in [-0.4, -0.2) is 16.9 Å². The molecule has 5 nitrogen and oxygen atoms in total. The van der Waals surface area contributed by atoms with Crippen molar-refractivity contribution in [3.63, 3.8) is 0 Å². The van der Waals surface area contributed by atoms with Crippen LogP contribution < -0.4 is 15.5 Å². The number of nitrogens with one attached hydrogen (secondary N) is 2. The first-order valence-electron chi connectivity index (χ1n) is 8.89. The molecule has 2 N–H and O–H groups in total. The lowest BCUT2D eigenvalue weighted by molar-refractivity contribution is 0.0974. The monoisotopic (exact) mass is 421 g/mol. The number of amides is 2. The summed E-state index contributed by atoms with van der Waals surface area (Å²) in [5.41, 5.74) is 3.67. The Bertz CT molecular complexity index is 1120. The number of hydrogen-bond donors (Lipinski definition) is 2. The number of benzene rings is 3. The molecule has 7 heteroatoms. The van der Waals surface area contributed by atoms with E-state index in [1.807, 2.05) is 48.5 Å². The van der Waals surface area contributed by atoms with Gasteiger partial charge >= 0.3 is 0 Å². The number of hydrogen-bond acceptors (Lipinski definition) is 3. The van der Waals surface area contributed by atoms with Gasteiger partial charge in [0.25, 0.3) is 11.8 Å². The quantitative estimate of drug-likeness (QED) is 0.605. The summed E-state index contributed by atoms with van der Waals surface area (Å²) in [6.07, 6.45) is 0. The minimum Gasteiger partial charge on any atom is -0.332 e. The predicted molar refractivity (Wildman–Crippen MR) is 119 cm³/mol. The van der Waals surface area contributed by atoms with E-state index in [0.29, 0.717) is 22.8 Å². The Balaban J connectivity index is 1.39. The smallest absolute Gasteiger partial charge is 0.258 e. The summed E-state index contributed by atoms with van der Waals surface area (Å²) < 4.78 is 0. The van der Waals surface area contributed by atoms with Crippen LogP contribution >= 0.6 is 23.8 Å². The summed E-state index contributed by atoms with van der Waals surface area (Å²) in [6.45, 7) is 0.551. The zero-order valence-corrected chi connectivity index (χ0v) is 16.8. The Kier molecular flexibility index (Phi) is 5.29. The van der Waals surface area contributed by atoms with Crippen molar-refractivity contribution in [3.05, 3.63) is 94.5 Å². The van der Waals surface area contributed by atoms with Crippen LogP contribution in [-0.2, 0) is 6.54 Å². The topological polar surface area (TPSA) is 61.4 Å². The average molecular weight is 422 g/mol. The number of nitrogens with zero attached hydrogens (tertiary/aromatic N) is 1. The lowest BCUT2D eigenvalue weighted by Crippen LogP contribution is -2.34. The van der Waals surface area contributed by atoms with Crippen LogP contribution in [0.5, 0.6) is 0 Å². The third-order valence-corrected chi connectivity index (χ3v) is 5.01. The first-order valence-corrected chi connectivity index (χ1v) is 9.67. The number of halogens is 1. The second kappa shape index (κ2) is 8.03. The normalized spacial score (nSPS) is 12.4. The van der Waals surface area contributed by atoms with E-state index in [2.05, 4.69) is 10.6 Å². The lowest BCUT2D eigenvalue weighted by atomic mass is 10.1. The summed E-state index contributed by atoms with van der Waals surface area (Å²) in [5, 5.41) is 6.24. The average Bonchev–Trinajstić information content (AvgIpc) is 3.05. The highest BCUT2D eigenvalue weighted by atomic mass is 35.5. The number of carbonyl (C=O) groups excluding carboxylic acids is 2. The molecule has 0 saturated heterocycles. The summed E-state index contributed by atoms with van der Waals surface area (Å²) in [5.74, 6) is -0.354. The van der Waals surface area contributed by atoms with Crippen molar-refractivity contribution in [1.29, 1.82) is 0 Å². The molecule has 0 atom stereocenters. The van der Waals surface area contributed by atoms with Crippen LogP contribution in [0.2, 0.25) is 5.02 Å². The molecule has 1 aliphatic heterocycles. The van der Waals surface area contributed by atoms with Gasteiger partial charge in [0.15, 0.2) is 5.11 Å². The highest BCUT2D eigenvalue weighted by Crippen LogP contribution is 2.28. The fourth-order valence-electron chi connectivity index (χ4n) is 3.15. The van der Waals surface area contributed by atoms with Gasteiger partial charge in [-0.1, -0.05) is 35.9 Å². The standard InChI is InChI=1S/C22H16ClN3O2S/c23-16-6-3-5-14(12-16)20(27)25-22(29)24-17-8-10-18(11-9-17)26-13-15-4-1-2-7-19(15)21(26)28/h1-12H,13H2,(H2,24,25,27,29). The van der Waals surface area contributed by atoms with E-state index in [4.69, 9.17) is 23.8 Å². The Labute approximate surface area is 178 Å². The fraction of sp³-hybridized carbons (Fsp3) is 0.0455. The molecule has 0 bridgehead atoms. The molecular formula is C22H16ClN3O2S. The Morgan fingerprint density at radius 1 is 1.00 bits per heavy atom. The van der Waals surface area contributed by atoms with Gasteiger partial charge in [-0.2, -0.15) is 0 Å². The van der Waals surface area contributed by atoms with E-state index in [1.54, 1.807) is 29.2 Å². The highest BCUT2D eigenvalue weighted by Gasteiger charge is 2.27. The molecular weight excluding hydrogens is 406 g/mol. The van der Waals surface area contributed by atoms with Crippen LogP contribution in [0, 0.1) is 0 Å². The predicted octanol–water partition coefficient (Wildman–Crippen LogP) is 4.63. The maximum Gasteiger partial charge on any atom is 0.258 e. The molecule has 0 saturated carbocycles. The Morgan fingerprint density at radius 2 is 1.76 bits per heavy atom. The maximum absolute atomic E-state index is 12.6. The Morgan fingerprint density at radius 3 is 2.48 bits per heavy atom. The van der Waals surface area contributed by atoms with E-state index < -0.39 is 0 Å². The summed E-state index contributed by atoms with van der Waals surface area (Å²) >= 11 is 11.1. The van der Waals surface area contributed by atoms with Crippen molar-refractivity contribution >= 4 is 52.1 Å². The van der Waals surface area contributed by atoms with Crippen LogP contribution in [0.15, 0.2) is 72.8 Å². The second-order valence-electron chi connectivity index (χ2n) is 6.51. The minimum atomic E-state index is -0.345. The summed E-state index contributed by atoms with van der Waals surface area (Å²) in [6, 6.07) is 21.5. The third kappa shape index (κ3) is 4.13. The number of rotatable bonds is 3. The third-order valence-electron chi connectivity index (χ3n) is 4.57. The van der Waals surface area contributed by atoms with Crippen LogP contribution in [0.3, 0.4) is 0 Å². The molecule has 144 valence electrons. The molecule has 0 aliphatic carbocycles. The van der Waals surface area contributed by atoms with Crippen molar-refractivity contribution in [2.45, 2.75) is 6.54 Å². The van der Waals surface area contributed by atoms with Gasteiger partial charge in [-0.25, -0.2) is 0 Å². The number of fused-ring (bicyclic) bond motifs is 1. The molecule has 0 fully saturated rings. The molecule has 0 spiro atoms. The molecule has 0 unspecified atom stereocenters. The zero-order chi connectivity index (χ0) is 20.4. The number of carbonyl (C=O) groups is 2. The summed E-state index contributed by atoms with van der Waals surface area (Å²) in [7, 11) is 0. The minimum absolute atomic E-state index is 0.00869. The molecule has 4 rings (SSSR count). The first-order chi connectivity index (χ1) is 14.0. The van der Waals surface area contributed by atoms with Crippen molar-refractivity contribution in [2.24, 2.45) is 0 Å². The molecule has 2 amide bonds. The van der Waals surface area contributed by atoms with E-state index in [-0.39, 0.29) is 16.9 Å². The van der Waals surface area contributed by atoms with Gasteiger partial charge in [-0.05, 0) is 66.3 Å². The van der Waals surface area contributed by atoms with Crippen molar-refractivity contribution in [3.8, 4) is 0 Å². The fourth-order valence-corrected chi connectivity index (χ4v) is 3.56. The molecule has 0 radical (unpaired) electrons. The molecule has 3 aromatic carbocycles. The van der Waals surface area contributed by atoms with Gasteiger partial charge in [0.2, 0.25) is 0 Å². The van der Waals surface area contributed by atoms with E-state index in [9.17, 15) is 9.59 Å². The Hall–Kier alpha value is -3.22. The van der Waals surface area contributed by atoms with Gasteiger partial charge < -0.3 is 10.2 Å². The van der Waals surface area contributed by atoms with Gasteiger partial charge in [0, 0.05) is 27.5 Å².